The molecule has 2 rings (SSSR count). The summed E-state index contributed by atoms with van der Waals surface area (Å²) in [6.45, 7) is 0. The fourth-order valence-corrected chi connectivity index (χ4v) is 2.04. The molecule has 0 fully saturated rings. The number of aldehydes is 1. The fourth-order valence-electron chi connectivity index (χ4n) is 1.29. The predicted molar refractivity (Wildman–Crippen MR) is 56.8 cm³/mol. The van der Waals surface area contributed by atoms with Crippen LogP contribution in [0.2, 0.25) is 0 Å². The summed E-state index contributed by atoms with van der Waals surface area (Å²) in [5.41, 5.74) is 1.04. The first-order valence-electron chi connectivity index (χ1n) is 4.14. The molecule has 0 aliphatic heterocycles. The van der Waals surface area contributed by atoms with Crippen molar-refractivity contribution in [2.45, 2.75) is 0 Å². The molecule has 1 N–H and O–H groups in total. The van der Waals surface area contributed by atoms with Crippen molar-refractivity contribution in [1.82, 2.24) is 0 Å². The monoisotopic (exact) mass is 204 g/mol. The minimum absolute atomic E-state index is 0.0601. The van der Waals surface area contributed by atoms with E-state index in [1.165, 1.54) is 11.3 Å². The third-order valence-electron chi connectivity index (χ3n) is 1.98. The lowest BCUT2D eigenvalue weighted by Gasteiger charge is -2.03. The average Bonchev–Trinajstić information content (AvgIpc) is 2.71. The topological polar surface area (TPSA) is 37.3 Å². The number of para-hydroxylation sites is 1. The van der Waals surface area contributed by atoms with Gasteiger partial charge in [0, 0.05) is 10.4 Å². The molecule has 2 nitrogen and oxygen atoms in total. The number of rotatable bonds is 2. The zero-order chi connectivity index (χ0) is 9.97. The lowest BCUT2D eigenvalue weighted by molar-refractivity contribution is 0.112. The molecule has 2 aromatic rings. The smallest absolute Gasteiger partial charge is 0.153 e. The largest absolute Gasteiger partial charge is 0.507 e. The molecule has 0 aliphatic carbocycles. The van der Waals surface area contributed by atoms with Crippen molar-refractivity contribution in [3.63, 3.8) is 0 Å². The van der Waals surface area contributed by atoms with E-state index in [2.05, 4.69) is 0 Å². The molecular weight excluding hydrogens is 196 g/mol. The van der Waals surface area contributed by atoms with Gasteiger partial charge in [0.15, 0.2) is 6.29 Å². The van der Waals surface area contributed by atoms with Crippen LogP contribution in [0.15, 0.2) is 35.7 Å². The van der Waals surface area contributed by atoms with Gasteiger partial charge in [-0.3, -0.25) is 4.79 Å². The summed E-state index contributed by atoms with van der Waals surface area (Å²) in [5.74, 6) is 0.0601. The van der Waals surface area contributed by atoms with Crippen LogP contribution in [0, 0.1) is 0 Å². The Kier molecular flexibility index (Phi) is 2.33. The number of aromatic hydroxyl groups is 1. The number of phenols is 1. The van der Waals surface area contributed by atoms with Gasteiger partial charge in [0.2, 0.25) is 0 Å². The highest BCUT2D eigenvalue weighted by Gasteiger charge is 2.08. The summed E-state index contributed by atoms with van der Waals surface area (Å²) in [6, 6.07) is 8.98. The van der Waals surface area contributed by atoms with E-state index in [9.17, 15) is 9.90 Å². The molecule has 0 saturated carbocycles. The molecule has 0 amide bonds. The molecule has 70 valence electrons. The van der Waals surface area contributed by atoms with E-state index in [0.29, 0.717) is 17.4 Å². The van der Waals surface area contributed by atoms with Crippen molar-refractivity contribution in [1.29, 1.82) is 0 Å². The van der Waals surface area contributed by atoms with Crippen molar-refractivity contribution < 1.29 is 9.90 Å². The maximum Gasteiger partial charge on any atom is 0.153 e. The van der Waals surface area contributed by atoms with Crippen LogP contribution in [0.1, 0.15) is 10.4 Å². The minimum Gasteiger partial charge on any atom is -0.507 e. The normalized spacial score (nSPS) is 10.0. The lowest BCUT2D eigenvalue weighted by Crippen LogP contribution is -1.83. The molecule has 0 unspecified atom stereocenters. The molecule has 0 aliphatic rings. The zero-order valence-corrected chi connectivity index (χ0v) is 8.12. The van der Waals surface area contributed by atoms with Crippen LogP contribution in [0.5, 0.6) is 5.75 Å². The Morgan fingerprint density at radius 2 is 2.07 bits per heavy atom. The van der Waals surface area contributed by atoms with Crippen LogP contribution >= 0.6 is 11.3 Å². The van der Waals surface area contributed by atoms with Crippen molar-refractivity contribution >= 4 is 17.6 Å². The maximum absolute atomic E-state index is 10.6. The van der Waals surface area contributed by atoms with Crippen molar-refractivity contribution in [2.24, 2.45) is 0 Å². The average molecular weight is 204 g/mol. The molecule has 0 atom stereocenters. The second-order valence-electron chi connectivity index (χ2n) is 2.84. The van der Waals surface area contributed by atoms with Gasteiger partial charge < -0.3 is 5.11 Å². The summed E-state index contributed by atoms with van der Waals surface area (Å²) in [5, 5.41) is 11.7. The highest BCUT2D eigenvalue weighted by Crippen LogP contribution is 2.33. The van der Waals surface area contributed by atoms with Gasteiger partial charge in [-0.25, -0.2) is 0 Å². The second-order valence-corrected chi connectivity index (χ2v) is 3.79. The van der Waals surface area contributed by atoms with E-state index in [4.69, 9.17) is 0 Å². The van der Waals surface area contributed by atoms with Crippen LogP contribution in [0.4, 0.5) is 0 Å². The highest BCUT2D eigenvalue weighted by atomic mass is 32.1. The zero-order valence-electron chi connectivity index (χ0n) is 7.31. The van der Waals surface area contributed by atoms with Gasteiger partial charge in [-0.05, 0) is 23.6 Å². The van der Waals surface area contributed by atoms with Crippen molar-refractivity contribution in [2.75, 3.05) is 0 Å². The van der Waals surface area contributed by atoms with Gasteiger partial charge in [0.25, 0.3) is 0 Å². The van der Waals surface area contributed by atoms with Crippen molar-refractivity contribution in [3.05, 3.63) is 41.3 Å². The summed E-state index contributed by atoms with van der Waals surface area (Å²) >= 11 is 1.53. The summed E-state index contributed by atoms with van der Waals surface area (Å²) in [7, 11) is 0. The van der Waals surface area contributed by atoms with Crippen molar-refractivity contribution in [3.8, 4) is 16.2 Å². The second kappa shape index (κ2) is 3.64. The van der Waals surface area contributed by atoms with Crippen LogP contribution < -0.4 is 0 Å². The first kappa shape index (κ1) is 8.97. The van der Waals surface area contributed by atoms with Gasteiger partial charge in [0.1, 0.15) is 5.75 Å². The molecular formula is C11H8O2S. The molecule has 3 heteroatoms. The maximum atomic E-state index is 10.6. The van der Waals surface area contributed by atoms with Gasteiger partial charge >= 0.3 is 0 Å². The SMILES string of the molecule is O=Cc1cccc(-c2cccs2)c1O. The Bertz CT molecular complexity index is 446. The van der Waals surface area contributed by atoms with Gasteiger partial charge in [-0.2, -0.15) is 0 Å². The Balaban J connectivity index is 2.60. The lowest BCUT2D eigenvalue weighted by atomic mass is 10.1. The molecule has 14 heavy (non-hydrogen) atoms. The predicted octanol–water partition coefficient (Wildman–Crippen LogP) is 2.93. The molecule has 0 saturated heterocycles. The van der Waals surface area contributed by atoms with Crippen LogP contribution in [0.3, 0.4) is 0 Å². The summed E-state index contributed by atoms with van der Waals surface area (Å²) in [4.78, 5) is 11.6. The van der Waals surface area contributed by atoms with Crippen LogP contribution in [-0.2, 0) is 0 Å². The molecule has 1 aromatic heterocycles. The Hall–Kier alpha value is -1.61. The number of carbonyl (C=O) groups excluding carboxylic acids is 1. The number of phenolic OH excluding ortho intramolecular Hbond substituents is 1. The quantitative estimate of drug-likeness (QED) is 0.763. The van der Waals surface area contributed by atoms with E-state index in [0.717, 1.165) is 4.88 Å². The van der Waals surface area contributed by atoms with E-state index in [-0.39, 0.29) is 5.75 Å². The third kappa shape index (κ3) is 1.42. The minimum atomic E-state index is 0.0601. The number of benzene rings is 1. The number of hydrogen-bond acceptors (Lipinski definition) is 3. The molecule has 0 spiro atoms. The number of carbonyl (C=O) groups is 1. The first-order valence-corrected chi connectivity index (χ1v) is 5.02. The van der Waals surface area contributed by atoms with E-state index in [1.807, 2.05) is 17.5 Å². The first-order chi connectivity index (χ1) is 6.83. The molecule has 0 radical (unpaired) electrons. The van der Waals surface area contributed by atoms with E-state index < -0.39 is 0 Å². The summed E-state index contributed by atoms with van der Waals surface area (Å²) in [6.07, 6.45) is 0.659. The van der Waals surface area contributed by atoms with Crippen LogP contribution in [0.25, 0.3) is 10.4 Å². The Labute approximate surface area is 85.4 Å². The van der Waals surface area contributed by atoms with Gasteiger partial charge in [-0.1, -0.05) is 12.1 Å². The molecule has 1 aromatic carbocycles. The van der Waals surface area contributed by atoms with Gasteiger partial charge in [0.05, 0.1) is 5.56 Å². The number of thiophene rings is 1. The summed E-state index contributed by atoms with van der Waals surface area (Å²) < 4.78 is 0. The Morgan fingerprint density at radius 1 is 1.21 bits per heavy atom. The van der Waals surface area contributed by atoms with Gasteiger partial charge in [-0.15, -0.1) is 11.3 Å². The Morgan fingerprint density at radius 3 is 2.71 bits per heavy atom. The molecule has 1 heterocycles. The molecule has 0 bridgehead atoms. The number of hydrogen-bond donors (Lipinski definition) is 1. The third-order valence-corrected chi connectivity index (χ3v) is 2.88. The van der Waals surface area contributed by atoms with Crippen LogP contribution in [-0.4, -0.2) is 11.4 Å². The highest BCUT2D eigenvalue weighted by molar-refractivity contribution is 7.13. The van der Waals surface area contributed by atoms with E-state index >= 15 is 0 Å². The van der Waals surface area contributed by atoms with E-state index in [1.54, 1.807) is 18.2 Å². The standard InChI is InChI=1S/C11H8O2S/c12-7-8-3-1-4-9(11(8)13)10-5-2-6-14-10/h1-7,13H. The fraction of sp³-hybridized carbons (Fsp3) is 0.